The molecule has 0 aliphatic heterocycles. The Balaban J connectivity index is 0.00000338. The minimum Gasteiger partial charge on any atom is -0.357 e. The van der Waals surface area contributed by atoms with Gasteiger partial charge in [-0.1, -0.05) is 48.8 Å². The van der Waals surface area contributed by atoms with Crippen LogP contribution in [0.15, 0.2) is 33.8 Å². The van der Waals surface area contributed by atoms with Gasteiger partial charge in [0.2, 0.25) is 5.89 Å². The fourth-order valence-corrected chi connectivity index (χ4v) is 2.46. The first-order valence-electron chi connectivity index (χ1n) is 8.68. The van der Waals surface area contributed by atoms with E-state index in [9.17, 15) is 0 Å². The Morgan fingerprint density at radius 2 is 2.00 bits per heavy atom. The van der Waals surface area contributed by atoms with Gasteiger partial charge in [0, 0.05) is 30.5 Å². The number of benzene rings is 1. The summed E-state index contributed by atoms with van der Waals surface area (Å²) in [6, 6.07) is 7.88. The molecule has 0 unspecified atom stereocenters. The van der Waals surface area contributed by atoms with Crippen molar-refractivity contribution in [3.05, 3.63) is 46.6 Å². The molecule has 6 nitrogen and oxygen atoms in total. The zero-order valence-electron chi connectivity index (χ0n) is 15.5. The van der Waals surface area contributed by atoms with E-state index in [-0.39, 0.29) is 29.9 Å². The summed E-state index contributed by atoms with van der Waals surface area (Å²) in [5.74, 6) is 2.41. The lowest BCUT2D eigenvalue weighted by molar-refractivity contribution is 0.372. The van der Waals surface area contributed by atoms with Gasteiger partial charge in [-0.3, -0.25) is 4.99 Å². The fourth-order valence-electron chi connectivity index (χ4n) is 2.23. The predicted molar refractivity (Wildman–Crippen MR) is 117 cm³/mol. The molecule has 0 atom stereocenters. The van der Waals surface area contributed by atoms with Crippen molar-refractivity contribution in [3.63, 3.8) is 0 Å². The molecule has 0 aliphatic carbocycles. The van der Waals surface area contributed by atoms with Gasteiger partial charge in [0.05, 0.1) is 6.54 Å². The van der Waals surface area contributed by atoms with Crippen LogP contribution < -0.4 is 10.6 Å². The third kappa shape index (κ3) is 7.49. The molecule has 0 radical (unpaired) electrons. The summed E-state index contributed by atoms with van der Waals surface area (Å²) >= 11 is 6.18. The highest BCUT2D eigenvalue weighted by atomic mass is 127. The molecule has 0 saturated carbocycles. The average molecular weight is 492 g/mol. The first-order chi connectivity index (χ1) is 12.1. The van der Waals surface area contributed by atoms with Crippen LogP contribution in [0.25, 0.3) is 0 Å². The highest BCUT2D eigenvalue weighted by molar-refractivity contribution is 14.0. The summed E-state index contributed by atoms with van der Waals surface area (Å²) < 4.78 is 5.23. The minimum atomic E-state index is 0. The molecule has 0 bridgehead atoms. The average Bonchev–Trinajstić information content (AvgIpc) is 3.06. The summed E-state index contributed by atoms with van der Waals surface area (Å²) in [5.41, 5.74) is 1.12. The zero-order chi connectivity index (χ0) is 18.1. The second-order valence-corrected chi connectivity index (χ2v) is 6.39. The summed E-state index contributed by atoms with van der Waals surface area (Å²) in [4.78, 5) is 8.91. The molecule has 144 valence electrons. The molecule has 0 aliphatic rings. The SMILES string of the molecule is CCNC(=NCCc1nc(C(C)C)no1)NCCc1ccccc1Cl.I. The molecule has 0 fully saturated rings. The monoisotopic (exact) mass is 491 g/mol. The number of hydrogen-bond acceptors (Lipinski definition) is 4. The minimum absolute atomic E-state index is 0. The maximum Gasteiger partial charge on any atom is 0.228 e. The highest BCUT2D eigenvalue weighted by Crippen LogP contribution is 2.14. The Bertz CT molecular complexity index is 690. The Morgan fingerprint density at radius 3 is 2.65 bits per heavy atom. The lowest BCUT2D eigenvalue weighted by Gasteiger charge is -2.11. The van der Waals surface area contributed by atoms with Crippen molar-refractivity contribution in [1.82, 2.24) is 20.8 Å². The topological polar surface area (TPSA) is 75.3 Å². The van der Waals surface area contributed by atoms with Crippen LogP contribution in [0, 0.1) is 0 Å². The van der Waals surface area contributed by atoms with Crippen LogP contribution in [0.1, 0.15) is 44.0 Å². The number of rotatable bonds is 8. The molecule has 2 N–H and O–H groups in total. The van der Waals surface area contributed by atoms with E-state index in [0.29, 0.717) is 18.9 Å². The standard InChI is InChI=1S/C18H26ClN5O.HI/c1-4-20-18(21-11-9-14-7-5-6-8-15(14)19)22-12-10-16-23-17(13(2)3)24-25-16;/h5-8,13H,4,9-12H2,1-3H3,(H2,20,21,22);1H. The van der Waals surface area contributed by atoms with Gasteiger partial charge in [0.25, 0.3) is 0 Å². The molecule has 1 aromatic heterocycles. The molecule has 0 amide bonds. The summed E-state index contributed by atoms with van der Waals surface area (Å²) in [7, 11) is 0. The van der Waals surface area contributed by atoms with Crippen LogP contribution in [0.3, 0.4) is 0 Å². The van der Waals surface area contributed by atoms with Crippen LogP contribution >= 0.6 is 35.6 Å². The van der Waals surface area contributed by atoms with Gasteiger partial charge >= 0.3 is 0 Å². The smallest absolute Gasteiger partial charge is 0.228 e. The molecule has 2 rings (SSSR count). The summed E-state index contributed by atoms with van der Waals surface area (Å²) in [5, 5.41) is 11.3. The van der Waals surface area contributed by atoms with Crippen LogP contribution in [-0.4, -0.2) is 35.7 Å². The molecule has 26 heavy (non-hydrogen) atoms. The maximum absolute atomic E-state index is 6.18. The number of aromatic nitrogens is 2. The van der Waals surface area contributed by atoms with E-state index in [0.717, 1.165) is 41.9 Å². The van der Waals surface area contributed by atoms with Crippen LogP contribution in [-0.2, 0) is 12.8 Å². The summed E-state index contributed by atoms with van der Waals surface area (Å²) in [6.45, 7) is 8.26. The van der Waals surface area contributed by atoms with Crippen LogP contribution in [0.4, 0.5) is 0 Å². The van der Waals surface area contributed by atoms with E-state index >= 15 is 0 Å². The molecule has 1 heterocycles. The number of halogens is 2. The molecule has 0 spiro atoms. The number of nitrogens with one attached hydrogen (secondary N) is 2. The normalized spacial score (nSPS) is 11.3. The van der Waals surface area contributed by atoms with Gasteiger partial charge in [-0.15, -0.1) is 24.0 Å². The van der Waals surface area contributed by atoms with Crippen molar-refractivity contribution in [1.29, 1.82) is 0 Å². The van der Waals surface area contributed by atoms with Crippen molar-refractivity contribution in [3.8, 4) is 0 Å². The Labute approximate surface area is 177 Å². The highest BCUT2D eigenvalue weighted by Gasteiger charge is 2.09. The van der Waals surface area contributed by atoms with Gasteiger partial charge in [0.15, 0.2) is 11.8 Å². The maximum atomic E-state index is 6.18. The van der Waals surface area contributed by atoms with Crippen molar-refractivity contribution in [2.45, 2.75) is 39.5 Å². The molecule has 1 aromatic carbocycles. The van der Waals surface area contributed by atoms with Gasteiger partial charge in [-0.2, -0.15) is 4.98 Å². The fraction of sp³-hybridized carbons (Fsp3) is 0.500. The lowest BCUT2D eigenvalue weighted by atomic mass is 10.1. The molecular weight excluding hydrogens is 465 g/mol. The number of aliphatic imine (C=N–C) groups is 1. The Morgan fingerprint density at radius 1 is 1.23 bits per heavy atom. The summed E-state index contributed by atoms with van der Waals surface area (Å²) in [6.07, 6.45) is 1.46. The van der Waals surface area contributed by atoms with Gasteiger partial charge in [-0.25, -0.2) is 0 Å². The Hall–Kier alpha value is -1.35. The number of guanidine groups is 1. The molecule has 2 aromatic rings. The second-order valence-electron chi connectivity index (χ2n) is 5.98. The quantitative estimate of drug-likeness (QED) is 0.334. The van der Waals surface area contributed by atoms with E-state index in [4.69, 9.17) is 16.1 Å². The molecule has 0 saturated heterocycles. The lowest BCUT2D eigenvalue weighted by Crippen LogP contribution is -2.38. The number of nitrogens with zero attached hydrogens (tertiary/aromatic N) is 3. The van der Waals surface area contributed by atoms with E-state index in [1.54, 1.807) is 0 Å². The largest absolute Gasteiger partial charge is 0.357 e. The van der Waals surface area contributed by atoms with Crippen molar-refractivity contribution >= 4 is 41.5 Å². The number of hydrogen-bond donors (Lipinski definition) is 2. The molecule has 8 heteroatoms. The predicted octanol–water partition coefficient (Wildman–Crippen LogP) is 3.80. The van der Waals surface area contributed by atoms with E-state index in [1.807, 2.05) is 45.0 Å². The first-order valence-corrected chi connectivity index (χ1v) is 9.06. The van der Waals surface area contributed by atoms with Crippen LogP contribution in [0.5, 0.6) is 0 Å². The van der Waals surface area contributed by atoms with Gasteiger partial charge < -0.3 is 15.2 Å². The first kappa shape index (κ1) is 22.7. The van der Waals surface area contributed by atoms with Crippen molar-refractivity contribution in [2.75, 3.05) is 19.6 Å². The zero-order valence-corrected chi connectivity index (χ0v) is 18.5. The van der Waals surface area contributed by atoms with Crippen LogP contribution in [0.2, 0.25) is 5.02 Å². The van der Waals surface area contributed by atoms with Crippen molar-refractivity contribution < 1.29 is 4.52 Å². The molecular formula is C18H27ClIN5O. The third-order valence-corrected chi connectivity index (χ3v) is 3.95. The van der Waals surface area contributed by atoms with E-state index < -0.39 is 0 Å². The third-order valence-electron chi connectivity index (χ3n) is 3.58. The van der Waals surface area contributed by atoms with Crippen molar-refractivity contribution in [2.24, 2.45) is 4.99 Å². The van der Waals surface area contributed by atoms with E-state index in [2.05, 4.69) is 25.8 Å². The van der Waals surface area contributed by atoms with Gasteiger partial charge in [0.1, 0.15) is 0 Å². The van der Waals surface area contributed by atoms with E-state index in [1.165, 1.54) is 0 Å². The van der Waals surface area contributed by atoms with Gasteiger partial charge in [-0.05, 0) is 25.0 Å². The second kappa shape index (κ2) is 12.1. The Kier molecular flexibility index (Phi) is 10.6.